The minimum Gasteiger partial charge on any atom is -0.480 e. The third kappa shape index (κ3) is 3.42. The number of thioether (sulfide) groups is 1. The monoisotopic (exact) mass is 394 g/mol. The lowest BCUT2D eigenvalue weighted by molar-refractivity contribution is -0.384. The first-order chi connectivity index (χ1) is 12.6. The van der Waals surface area contributed by atoms with Gasteiger partial charge in [0.1, 0.15) is 17.5 Å². The number of β-lactam (4-membered cyclic amide) rings is 1. The summed E-state index contributed by atoms with van der Waals surface area (Å²) in [5.74, 6) is -1.90. The fourth-order valence-electron chi connectivity index (χ4n) is 3.25. The molecule has 2 heterocycles. The molecule has 0 saturated carbocycles. The molecule has 2 aliphatic rings. The predicted molar refractivity (Wildman–Crippen MR) is 97.2 cm³/mol. The lowest BCUT2D eigenvalue weighted by Crippen LogP contribution is -2.70. The van der Waals surface area contributed by atoms with Crippen LogP contribution in [0.15, 0.2) is 24.3 Å². The number of hydrogen-bond donors (Lipinski definition) is 3. The number of carboxylic acid groups (broad SMARTS) is 1. The number of carboxylic acids is 1. The van der Waals surface area contributed by atoms with E-state index in [4.69, 9.17) is 0 Å². The van der Waals surface area contributed by atoms with Gasteiger partial charge in [0.25, 0.3) is 5.69 Å². The van der Waals surface area contributed by atoms with Crippen LogP contribution in [-0.2, 0) is 14.4 Å². The van der Waals surface area contributed by atoms with Crippen LogP contribution in [-0.4, -0.2) is 61.5 Å². The molecule has 0 spiro atoms. The summed E-state index contributed by atoms with van der Waals surface area (Å²) in [6.07, 6.45) is 0. The summed E-state index contributed by atoms with van der Waals surface area (Å²) in [6, 6.07) is 3.91. The molecule has 0 bridgehead atoms. The van der Waals surface area contributed by atoms with Crippen molar-refractivity contribution in [2.24, 2.45) is 0 Å². The standard InChI is InChI=1S/C16H18N4O6S/c1-16(2)12(15(23)24)19-13(22)11(14(19)27-16)18-10(21)7-17-8-3-5-9(6-4-8)20(25)26/h3-6,11-12,14,17H,7H2,1-2H3,(H,18,21)(H,23,24)/t11-,12+,14-/m1/s1. The van der Waals surface area contributed by atoms with Crippen LogP contribution in [0.3, 0.4) is 0 Å². The molecule has 0 aliphatic carbocycles. The Morgan fingerprint density at radius 1 is 1.33 bits per heavy atom. The Bertz CT molecular complexity index is 812. The summed E-state index contributed by atoms with van der Waals surface area (Å²) >= 11 is 1.35. The lowest BCUT2D eigenvalue weighted by atomic mass is 9.96. The predicted octanol–water partition coefficient (Wildman–Crippen LogP) is 0.638. The first kappa shape index (κ1) is 19.0. The highest BCUT2D eigenvalue weighted by atomic mass is 32.2. The second kappa shape index (κ2) is 6.72. The van der Waals surface area contributed by atoms with Crippen molar-refractivity contribution in [1.82, 2.24) is 10.2 Å². The minimum atomic E-state index is -1.06. The van der Waals surface area contributed by atoms with E-state index in [1.165, 1.54) is 40.9 Å². The number of aliphatic carboxylic acids is 1. The molecule has 1 aromatic rings. The van der Waals surface area contributed by atoms with Crippen LogP contribution in [0.5, 0.6) is 0 Å². The number of nitro benzene ring substituents is 1. The molecule has 10 nitrogen and oxygen atoms in total. The van der Waals surface area contributed by atoms with E-state index in [-0.39, 0.29) is 12.2 Å². The first-order valence-electron chi connectivity index (χ1n) is 8.12. The summed E-state index contributed by atoms with van der Waals surface area (Å²) in [5.41, 5.74) is 0.471. The summed E-state index contributed by atoms with van der Waals surface area (Å²) in [6.45, 7) is 3.40. The first-order valence-corrected chi connectivity index (χ1v) is 9.00. The molecular weight excluding hydrogens is 376 g/mol. The third-order valence-corrected chi connectivity index (χ3v) is 6.09. The molecular formula is C16H18N4O6S. The Hall–Kier alpha value is -2.82. The zero-order valence-corrected chi connectivity index (χ0v) is 15.4. The van der Waals surface area contributed by atoms with Gasteiger partial charge in [0.05, 0.1) is 11.5 Å². The third-order valence-electron chi connectivity index (χ3n) is 4.52. The van der Waals surface area contributed by atoms with Crippen LogP contribution >= 0.6 is 11.8 Å². The number of benzene rings is 1. The second-order valence-electron chi connectivity index (χ2n) is 6.80. The Morgan fingerprint density at radius 2 is 1.96 bits per heavy atom. The molecule has 3 rings (SSSR count). The van der Waals surface area contributed by atoms with Crippen LogP contribution < -0.4 is 10.6 Å². The molecule has 3 atom stereocenters. The molecule has 2 aliphatic heterocycles. The van der Waals surface area contributed by atoms with Crippen molar-refractivity contribution in [2.45, 2.75) is 36.1 Å². The highest BCUT2D eigenvalue weighted by Gasteiger charge is 2.64. The van der Waals surface area contributed by atoms with Gasteiger partial charge in [-0.15, -0.1) is 11.8 Å². The number of hydrogen-bond acceptors (Lipinski definition) is 7. The quantitative estimate of drug-likeness (QED) is 0.362. The highest BCUT2D eigenvalue weighted by molar-refractivity contribution is 8.01. The number of non-ortho nitro benzene ring substituents is 1. The van der Waals surface area contributed by atoms with Crippen LogP contribution in [0.1, 0.15) is 13.8 Å². The second-order valence-corrected chi connectivity index (χ2v) is 8.57. The summed E-state index contributed by atoms with van der Waals surface area (Å²) in [5, 5.41) is 25.0. The van der Waals surface area contributed by atoms with Crippen molar-refractivity contribution in [3.05, 3.63) is 34.4 Å². The molecule has 11 heteroatoms. The zero-order chi connectivity index (χ0) is 19.9. The van der Waals surface area contributed by atoms with E-state index >= 15 is 0 Å². The van der Waals surface area contributed by atoms with Gasteiger partial charge in [0.15, 0.2) is 0 Å². The average molecular weight is 394 g/mol. The molecule has 1 aromatic carbocycles. The number of anilines is 1. The Kier molecular flexibility index (Phi) is 4.72. The molecule has 0 radical (unpaired) electrons. The number of nitro groups is 1. The van der Waals surface area contributed by atoms with E-state index in [0.717, 1.165) is 0 Å². The molecule has 2 amide bonds. The summed E-state index contributed by atoms with van der Waals surface area (Å²) in [4.78, 5) is 47.3. The van der Waals surface area contributed by atoms with E-state index in [1.54, 1.807) is 13.8 Å². The van der Waals surface area contributed by atoms with E-state index in [2.05, 4.69) is 10.6 Å². The van der Waals surface area contributed by atoms with Crippen molar-refractivity contribution < 1.29 is 24.4 Å². The van der Waals surface area contributed by atoms with Crippen molar-refractivity contribution in [2.75, 3.05) is 11.9 Å². The van der Waals surface area contributed by atoms with E-state index in [1.807, 2.05) is 0 Å². The van der Waals surface area contributed by atoms with Gasteiger partial charge < -0.3 is 20.6 Å². The summed E-state index contributed by atoms with van der Waals surface area (Å²) in [7, 11) is 0. The molecule has 0 aromatic heterocycles. The van der Waals surface area contributed by atoms with Crippen molar-refractivity contribution in [3.8, 4) is 0 Å². The van der Waals surface area contributed by atoms with Gasteiger partial charge >= 0.3 is 5.97 Å². The zero-order valence-electron chi connectivity index (χ0n) is 14.5. The van der Waals surface area contributed by atoms with Crippen LogP contribution in [0, 0.1) is 10.1 Å². The van der Waals surface area contributed by atoms with E-state index in [9.17, 15) is 29.6 Å². The largest absolute Gasteiger partial charge is 0.480 e. The molecule has 2 saturated heterocycles. The van der Waals surface area contributed by atoms with Gasteiger partial charge in [0.2, 0.25) is 11.8 Å². The number of rotatable bonds is 6. The van der Waals surface area contributed by atoms with Gasteiger partial charge in [0, 0.05) is 22.6 Å². The highest BCUT2D eigenvalue weighted by Crippen LogP contribution is 2.50. The number of carbonyl (C=O) groups excluding carboxylic acids is 2. The summed E-state index contributed by atoms with van der Waals surface area (Å²) < 4.78 is -0.650. The Labute approximate surface area is 158 Å². The molecule has 144 valence electrons. The van der Waals surface area contributed by atoms with E-state index in [0.29, 0.717) is 5.69 Å². The fraction of sp³-hybridized carbons (Fsp3) is 0.438. The van der Waals surface area contributed by atoms with Crippen LogP contribution in [0.2, 0.25) is 0 Å². The number of fused-ring (bicyclic) bond motifs is 1. The Balaban J connectivity index is 1.56. The van der Waals surface area contributed by atoms with Gasteiger partial charge in [-0.1, -0.05) is 0 Å². The van der Waals surface area contributed by atoms with Gasteiger partial charge in [-0.05, 0) is 26.0 Å². The SMILES string of the molecule is CC1(C)S[C@@H]2[C@H](NC(=O)CNc3ccc([N+](=O)[O-])cc3)C(=O)N2[C@H]1C(=O)O. The average Bonchev–Trinajstić information content (AvgIpc) is 2.86. The Morgan fingerprint density at radius 3 is 2.52 bits per heavy atom. The number of carbonyl (C=O) groups is 3. The topological polar surface area (TPSA) is 142 Å². The van der Waals surface area contributed by atoms with Crippen molar-refractivity contribution in [3.63, 3.8) is 0 Å². The van der Waals surface area contributed by atoms with Crippen molar-refractivity contribution >= 4 is 40.9 Å². The van der Waals surface area contributed by atoms with Gasteiger partial charge in [-0.3, -0.25) is 19.7 Å². The molecule has 0 unspecified atom stereocenters. The minimum absolute atomic E-state index is 0.0565. The maximum atomic E-state index is 12.3. The maximum absolute atomic E-state index is 12.3. The van der Waals surface area contributed by atoms with Crippen molar-refractivity contribution in [1.29, 1.82) is 0 Å². The smallest absolute Gasteiger partial charge is 0.327 e. The van der Waals surface area contributed by atoms with Crippen LogP contribution in [0.4, 0.5) is 11.4 Å². The number of amides is 2. The maximum Gasteiger partial charge on any atom is 0.327 e. The van der Waals surface area contributed by atoms with E-state index < -0.39 is 44.9 Å². The fourth-order valence-corrected chi connectivity index (χ4v) is 4.88. The van der Waals surface area contributed by atoms with Gasteiger partial charge in [-0.25, -0.2) is 4.79 Å². The molecule has 2 fully saturated rings. The van der Waals surface area contributed by atoms with Gasteiger partial charge in [-0.2, -0.15) is 0 Å². The lowest BCUT2D eigenvalue weighted by Gasteiger charge is -2.43. The van der Waals surface area contributed by atoms with Crippen LogP contribution in [0.25, 0.3) is 0 Å². The molecule has 27 heavy (non-hydrogen) atoms. The normalized spacial score (nSPS) is 25.3. The number of nitrogens with one attached hydrogen (secondary N) is 2. The molecule has 3 N–H and O–H groups in total. The number of nitrogens with zero attached hydrogens (tertiary/aromatic N) is 2.